The standard InChI is InChI=1S/C24H25ClN2O6/c1-14(28)33-17-7-5-6-15(12-17)21-20(23(30)24(31)27(21)11-10-26(2)3)22(29)16-8-9-18(25)19(13-16)32-4/h5-9,12-13,21,29H,10-11H2,1-4H3/b22-20-. The van der Waals surface area contributed by atoms with Gasteiger partial charge in [0.2, 0.25) is 0 Å². The van der Waals surface area contributed by atoms with Crippen molar-refractivity contribution in [2.45, 2.75) is 13.0 Å². The third-order valence-corrected chi connectivity index (χ3v) is 5.50. The number of esters is 1. The largest absolute Gasteiger partial charge is 0.507 e. The van der Waals surface area contributed by atoms with Crippen molar-refractivity contribution in [2.75, 3.05) is 34.3 Å². The van der Waals surface area contributed by atoms with E-state index in [9.17, 15) is 19.5 Å². The molecule has 33 heavy (non-hydrogen) atoms. The molecule has 9 heteroatoms. The SMILES string of the molecule is COc1cc(/C(O)=C2/C(=O)C(=O)N(CCN(C)C)C2c2cccc(OC(C)=O)c2)ccc1Cl. The smallest absolute Gasteiger partial charge is 0.308 e. The molecule has 1 aliphatic rings. The van der Waals surface area contributed by atoms with Crippen LogP contribution in [-0.2, 0) is 14.4 Å². The number of aliphatic hydroxyl groups excluding tert-OH is 1. The average Bonchev–Trinajstić information content (AvgIpc) is 3.02. The number of carbonyl (C=O) groups is 3. The van der Waals surface area contributed by atoms with Gasteiger partial charge in [-0.15, -0.1) is 0 Å². The second-order valence-corrected chi connectivity index (χ2v) is 8.22. The van der Waals surface area contributed by atoms with Crippen LogP contribution in [0.3, 0.4) is 0 Å². The molecular formula is C24H25ClN2O6. The molecule has 1 amide bonds. The summed E-state index contributed by atoms with van der Waals surface area (Å²) in [5.41, 5.74) is 0.736. The number of ether oxygens (including phenoxy) is 2. The minimum absolute atomic E-state index is 0.0666. The van der Waals surface area contributed by atoms with Crippen LogP contribution in [0.15, 0.2) is 48.0 Å². The predicted molar refractivity (Wildman–Crippen MR) is 123 cm³/mol. The monoisotopic (exact) mass is 472 g/mol. The van der Waals surface area contributed by atoms with Crippen molar-refractivity contribution in [3.8, 4) is 11.5 Å². The highest BCUT2D eigenvalue weighted by Gasteiger charge is 2.46. The summed E-state index contributed by atoms with van der Waals surface area (Å²) in [7, 11) is 5.14. The summed E-state index contributed by atoms with van der Waals surface area (Å²) in [4.78, 5) is 40.8. The molecule has 0 radical (unpaired) electrons. The summed E-state index contributed by atoms with van der Waals surface area (Å²) in [6, 6.07) is 10.2. The lowest BCUT2D eigenvalue weighted by Gasteiger charge is -2.26. The van der Waals surface area contributed by atoms with Gasteiger partial charge < -0.3 is 24.4 Å². The van der Waals surface area contributed by atoms with Gasteiger partial charge in [0.15, 0.2) is 0 Å². The van der Waals surface area contributed by atoms with E-state index >= 15 is 0 Å². The molecule has 1 aliphatic heterocycles. The van der Waals surface area contributed by atoms with E-state index in [-0.39, 0.29) is 29.2 Å². The number of ketones is 1. The Morgan fingerprint density at radius 1 is 1.18 bits per heavy atom. The molecule has 3 rings (SSSR count). The molecule has 1 atom stereocenters. The zero-order chi connectivity index (χ0) is 24.3. The maximum absolute atomic E-state index is 13.1. The van der Waals surface area contributed by atoms with Crippen LogP contribution in [0.1, 0.15) is 24.1 Å². The van der Waals surface area contributed by atoms with Crippen LogP contribution in [0.25, 0.3) is 5.76 Å². The Morgan fingerprint density at radius 2 is 1.91 bits per heavy atom. The van der Waals surface area contributed by atoms with Crippen molar-refractivity contribution in [1.29, 1.82) is 0 Å². The second kappa shape index (κ2) is 10.1. The number of carbonyl (C=O) groups excluding carboxylic acids is 3. The molecule has 1 heterocycles. The zero-order valence-corrected chi connectivity index (χ0v) is 19.5. The quantitative estimate of drug-likeness (QED) is 0.217. The molecule has 8 nitrogen and oxygen atoms in total. The van der Waals surface area contributed by atoms with Crippen LogP contribution in [0.2, 0.25) is 5.02 Å². The number of hydrogen-bond donors (Lipinski definition) is 1. The Labute approximate surface area is 197 Å². The number of likely N-dealkylation sites (tertiary alicyclic amines) is 1. The summed E-state index contributed by atoms with van der Waals surface area (Å²) >= 11 is 6.09. The van der Waals surface area contributed by atoms with Gasteiger partial charge in [-0.05, 0) is 50.0 Å². The van der Waals surface area contributed by atoms with E-state index in [1.807, 2.05) is 19.0 Å². The number of hydrogen-bond acceptors (Lipinski definition) is 7. The Morgan fingerprint density at radius 3 is 2.55 bits per heavy atom. The first-order chi connectivity index (χ1) is 15.6. The number of halogens is 1. The van der Waals surface area contributed by atoms with Gasteiger partial charge >= 0.3 is 5.97 Å². The van der Waals surface area contributed by atoms with Crippen molar-refractivity contribution in [1.82, 2.24) is 9.80 Å². The molecule has 0 aliphatic carbocycles. The first-order valence-corrected chi connectivity index (χ1v) is 10.6. The Kier molecular flexibility index (Phi) is 7.40. The van der Waals surface area contributed by atoms with Gasteiger partial charge in [-0.25, -0.2) is 0 Å². The number of amides is 1. The van der Waals surface area contributed by atoms with E-state index in [1.165, 1.54) is 31.1 Å². The molecule has 2 aromatic rings. The van der Waals surface area contributed by atoms with E-state index < -0.39 is 23.7 Å². The number of likely N-dealkylation sites (N-methyl/N-ethyl adjacent to an activating group) is 1. The van der Waals surface area contributed by atoms with Gasteiger partial charge in [-0.3, -0.25) is 14.4 Å². The van der Waals surface area contributed by atoms with Crippen LogP contribution < -0.4 is 9.47 Å². The van der Waals surface area contributed by atoms with Gasteiger partial charge in [0.1, 0.15) is 17.3 Å². The molecule has 1 unspecified atom stereocenters. The lowest BCUT2D eigenvalue weighted by Crippen LogP contribution is -2.35. The van der Waals surface area contributed by atoms with Gasteiger partial charge in [0, 0.05) is 25.6 Å². The van der Waals surface area contributed by atoms with Crippen molar-refractivity contribution in [3.63, 3.8) is 0 Å². The van der Waals surface area contributed by atoms with E-state index in [2.05, 4.69) is 0 Å². The number of aliphatic hydroxyl groups is 1. The fourth-order valence-electron chi connectivity index (χ4n) is 3.64. The highest BCUT2D eigenvalue weighted by molar-refractivity contribution is 6.46. The number of nitrogens with zero attached hydrogens (tertiary/aromatic N) is 2. The summed E-state index contributed by atoms with van der Waals surface area (Å²) in [5, 5.41) is 11.5. The molecule has 1 fully saturated rings. The maximum atomic E-state index is 13.1. The molecule has 0 saturated carbocycles. The topological polar surface area (TPSA) is 96.4 Å². The third-order valence-electron chi connectivity index (χ3n) is 5.19. The fourth-order valence-corrected chi connectivity index (χ4v) is 3.84. The van der Waals surface area contributed by atoms with Crippen molar-refractivity contribution >= 4 is 35.0 Å². The summed E-state index contributed by atoms with van der Waals surface area (Å²) in [6.07, 6.45) is 0. The predicted octanol–water partition coefficient (Wildman–Crippen LogP) is 3.26. The molecular weight excluding hydrogens is 448 g/mol. The van der Waals surface area contributed by atoms with Crippen LogP contribution in [0.4, 0.5) is 0 Å². The lowest BCUT2D eigenvalue weighted by molar-refractivity contribution is -0.140. The average molecular weight is 473 g/mol. The lowest BCUT2D eigenvalue weighted by atomic mass is 9.95. The van der Waals surface area contributed by atoms with E-state index in [1.54, 1.807) is 30.3 Å². The van der Waals surface area contributed by atoms with Gasteiger partial charge in [-0.1, -0.05) is 23.7 Å². The second-order valence-electron chi connectivity index (χ2n) is 7.81. The van der Waals surface area contributed by atoms with E-state index in [4.69, 9.17) is 21.1 Å². The Balaban J connectivity index is 2.18. The first-order valence-electron chi connectivity index (χ1n) is 10.2. The van der Waals surface area contributed by atoms with E-state index in [0.717, 1.165) is 0 Å². The van der Waals surface area contributed by atoms with Crippen LogP contribution >= 0.6 is 11.6 Å². The molecule has 1 N–H and O–H groups in total. The van der Waals surface area contributed by atoms with Gasteiger partial charge in [0.05, 0.1) is 23.7 Å². The van der Waals surface area contributed by atoms with Crippen molar-refractivity contribution in [3.05, 3.63) is 64.2 Å². The van der Waals surface area contributed by atoms with Gasteiger partial charge in [0.25, 0.3) is 11.7 Å². The van der Waals surface area contributed by atoms with Crippen molar-refractivity contribution < 1.29 is 29.0 Å². The molecule has 0 bridgehead atoms. The first kappa shape index (κ1) is 24.3. The number of rotatable bonds is 7. The molecule has 1 saturated heterocycles. The Bertz CT molecular complexity index is 1130. The number of Topliss-reactive ketones (excluding diaryl/α,β-unsaturated/α-hetero) is 1. The van der Waals surface area contributed by atoms with E-state index in [0.29, 0.717) is 22.9 Å². The highest BCUT2D eigenvalue weighted by atomic mass is 35.5. The van der Waals surface area contributed by atoms with Crippen molar-refractivity contribution in [2.24, 2.45) is 0 Å². The zero-order valence-electron chi connectivity index (χ0n) is 18.8. The molecule has 0 spiro atoms. The maximum Gasteiger partial charge on any atom is 0.308 e. The fraction of sp³-hybridized carbons (Fsp3) is 0.292. The highest BCUT2D eigenvalue weighted by Crippen LogP contribution is 2.41. The summed E-state index contributed by atoms with van der Waals surface area (Å²) < 4.78 is 10.4. The van der Waals surface area contributed by atoms with Crippen LogP contribution in [0.5, 0.6) is 11.5 Å². The minimum Gasteiger partial charge on any atom is -0.507 e. The minimum atomic E-state index is -0.873. The Hall–Kier alpha value is -3.36. The summed E-state index contributed by atoms with van der Waals surface area (Å²) in [5.74, 6) is -1.78. The van der Waals surface area contributed by atoms with Gasteiger partial charge in [-0.2, -0.15) is 0 Å². The number of methoxy groups -OCH3 is 1. The molecule has 2 aromatic carbocycles. The van der Waals surface area contributed by atoms with Crippen LogP contribution in [0, 0.1) is 0 Å². The summed E-state index contributed by atoms with van der Waals surface area (Å²) in [6.45, 7) is 2.03. The number of benzene rings is 2. The third kappa shape index (κ3) is 5.18. The van der Waals surface area contributed by atoms with Crippen LogP contribution in [-0.4, -0.2) is 66.9 Å². The molecule has 0 aromatic heterocycles. The normalized spacial score (nSPS) is 17.5. The molecule has 174 valence electrons.